The molecule has 39 heavy (non-hydrogen) atoms. The van der Waals surface area contributed by atoms with Crippen LogP contribution in [0.4, 0.5) is 5.69 Å². The molecular formula is C36H57N3. The molecule has 0 radical (unpaired) electrons. The lowest BCUT2D eigenvalue weighted by atomic mass is 9.86. The number of hydrogen-bond acceptors (Lipinski definition) is 3. The average molecular weight is 532 g/mol. The van der Waals surface area contributed by atoms with Gasteiger partial charge in [0.2, 0.25) is 0 Å². The average Bonchev–Trinajstić information content (AvgIpc) is 3.42. The van der Waals surface area contributed by atoms with E-state index >= 15 is 0 Å². The molecule has 3 rings (SSSR count). The molecule has 1 aromatic carbocycles. The molecule has 1 unspecified atom stereocenters. The summed E-state index contributed by atoms with van der Waals surface area (Å²) < 4.78 is 0. The fourth-order valence-corrected chi connectivity index (χ4v) is 6.49. The van der Waals surface area contributed by atoms with Crippen molar-refractivity contribution in [1.29, 1.82) is 0 Å². The Morgan fingerprint density at radius 2 is 1.87 bits per heavy atom. The van der Waals surface area contributed by atoms with Crippen molar-refractivity contribution in [3.8, 4) is 0 Å². The second-order valence-corrected chi connectivity index (χ2v) is 12.6. The first-order valence-electron chi connectivity index (χ1n) is 15.7. The van der Waals surface area contributed by atoms with E-state index in [1.807, 2.05) is 7.05 Å². The van der Waals surface area contributed by atoms with E-state index in [0.717, 1.165) is 45.3 Å². The molecule has 0 spiro atoms. The third-order valence-electron chi connectivity index (χ3n) is 9.01. The van der Waals surface area contributed by atoms with Crippen LogP contribution in [0.15, 0.2) is 53.3 Å². The molecule has 2 N–H and O–H groups in total. The summed E-state index contributed by atoms with van der Waals surface area (Å²) in [7, 11) is 2.04. The van der Waals surface area contributed by atoms with Gasteiger partial charge in [-0.3, -0.25) is 0 Å². The van der Waals surface area contributed by atoms with E-state index in [1.54, 1.807) is 5.57 Å². The Bertz CT molecular complexity index is 1060. The van der Waals surface area contributed by atoms with Crippen molar-refractivity contribution in [2.45, 2.75) is 106 Å². The molecule has 1 aliphatic carbocycles. The van der Waals surface area contributed by atoms with Gasteiger partial charge in [0.05, 0.1) is 0 Å². The standard InChI is InChI=1S/C36H57N3/c1-10-30(15-18-37-9)29(8)39-19-16-31(17-20-39)33-22-32(23-35(26(4)5)27(6)21-25(2)3)28(7)36(24-33)38-34-13-11-12-14-34/h16,21-22,24,26,30,34,37-38H,8,10-15,17-20,23H2,1-7,9H3/b35-27-. The number of nitrogens with one attached hydrogen (secondary N) is 2. The van der Waals surface area contributed by atoms with E-state index in [2.05, 4.69) is 94.9 Å². The summed E-state index contributed by atoms with van der Waals surface area (Å²) in [5.74, 6) is 1.09. The molecule has 0 amide bonds. The molecule has 1 fully saturated rings. The quantitative estimate of drug-likeness (QED) is 0.249. The van der Waals surface area contributed by atoms with E-state index in [9.17, 15) is 0 Å². The van der Waals surface area contributed by atoms with Crippen LogP contribution < -0.4 is 10.6 Å². The van der Waals surface area contributed by atoms with Crippen LogP contribution in [0.1, 0.15) is 103 Å². The van der Waals surface area contributed by atoms with Gasteiger partial charge in [-0.1, -0.05) is 75.1 Å². The molecule has 0 saturated heterocycles. The Hall–Kier alpha value is -2.26. The maximum Gasteiger partial charge on any atom is 0.0381 e. The lowest BCUT2D eigenvalue weighted by molar-refractivity contribution is 0.316. The Kier molecular flexibility index (Phi) is 12.0. The maximum atomic E-state index is 4.53. The van der Waals surface area contributed by atoms with Gasteiger partial charge in [0.25, 0.3) is 0 Å². The van der Waals surface area contributed by atoms with Gasteiger partial charge in [0.1, 0.15) is 0 Å². The summed E-state index contributed by atoms with van der Waals surface area (Å²) in [5, 5.41) is 7.29. The molecule has 1 heterocycles. The van der Waals surface area contributed by atoms with Gasteiger partial charge in [-0.2, -0.15) is 0 Å². The van der Waals surface area contributed by atoms with E-state index in [-0.39, 0.29) is 0 Å². The lowest BCUT2D eigenvalue weighted by Gasteiger charge is -2.34. The minimum absolute atomic E-state index is 0.526. The van der Waals surface area contributed by atoms with Crippen molar-refractivity contribution in [3.05, 3.63) is 70.0 Å². The SMILES string of the molecule is C=C(C(CC)CCNC)N1CC=C(c2cc(C/C(=C(\C)C=C(C)C)C(C)C)c(C)c(NC3CCCC3)c2)CC1. The van der Waals surface area contributed by atoms with Crippen LogP contribution in [-0.4, -0.2) is 37.6 Å². The van der Waals surface area contributed by atoms with E-state index in [0.29, 0.717) is 17.9 Å². The number of nitrogens with zero attached hydrogens (tertiary/aromatic N) is 1. The first-order chi connectivity index (χ1) is 18.6. The van der Waals surface area contributed by atoms with Gasteiger partial charge in [0, 0.05) is 30.5 Å². The number of allylic oxidation sites excluding steroid dienone is 5. The number of rotatable bonds is 13. The summed E-state index contributed by atoms with van der Waals surface area (Å²) in [6.45, 7) is 23.6. The van der Waals surface area contributed by atoms with Crippen LogP contribution >= 0.6 is 0 Å². The fourth-order valence-electron chi connectivity index (χ4n) is 6.49. The first-order valence-corrected chi connectivity index (χ1v) is 15.7. The van der Waals surface area contributed by atoms with Crippen LogP contribution in [0, 0.1) is 18.8 Å². The van der Waals surface area contributed by atoms with Gasteiger partial charge >= 0.3 is 0 Å². The third kappa shape index (κ3) is 8.61. The maximum absolute atomic E-state index is 4.53. The number of anilines is 1. The smallest absolute Gasteiger partial charge is 0.0381 e. The molecule has 1 aromatic rings. The second-order valence-electron chi connectivity index (χ2n) is 12.6. The highest BCUT2D eigenvalue weighted by atomic mass is 15.1. The van der Waals surface area contributed by atoms with Crippen molar-refractivity contribution < 1.29 is 0 Å². The predicted molar refractivity (Wildman–Crippen MR) is 173 cm³/mol. The molecule has 1 saturated carbocycles. The van der Waals surface area contributed by atoms with Crippen molar-refractivity contribution in [2.24, 2.45) is 11.8 Å². The van der Waals surface area contributed by atoms with Crippen LogP contribution in [0.5, 0.6) is 0 Å². The molecule has 3 nitrogen and oxygen atoms in total. The molecule has 1 aliphatic heterocycles. The minimum Gasteiger partial charge on any atom is -0.382 e. The van der Waals surface area contributed by atoms with Gasteiger partial charge in [-0.25, -0.2) is 0 Å². The Balaban J connectivity index is 1.93. The fraction of sp³-hybridized carbons (Fsp3) is 0.611. The van der Waals surface area contributed by atoms with Gasteiger partial charge in [-0.15, -0.1) is 0 Å². The minimum atomic E-state index is 0.526. The lowest BCUT2D eigenvalue weighted by Crippen LogP contribution is -2.31. The predicted octanol–water partition coefficient (Wildman–Crippen LogP) is 9.07. The topological polar surface area (TPSA) is 27.3 Å². The highest BCUT2D eigenvalue weighted by molar-refractivity contribution is 5.73. The summed E-state index contributed by atoms with van der Waals surface area (Å²) in [5.41, 5.74) is 12.8. The first kappa shape index (κ1) is 31.3. The zero-order valence-corrected chi connectivity index (χ0v) is 26.5. The Morgan fingerprint density at radius 3 is 2.44 bits per heavy atom. The third-order valence-corrected chi connectivity index (χ3v) is 9.01. The van der Waals surface area contributed by atoms with Crippen molar-refractivity contribution in [1.82, 2.24) is 10.2 Å². The van der Waals surface area contributed by atoms with Crippen LogP contribution in [-0.2, 0) is 6.42 Å². The molecular weight excluding hydrogens is 474 g/mol. The molecule has 216 valence electrons. The van der Waals surface area contributed by atoms with Gasteiger partial charge in [-0.05, 0) is 120 Å². The summed E-state index contributed by atoms with van der Waals surface area (Å²) in [6.07, 6.45) is 14.5. The van der Waals surface area contributed by atoms with Crippen LogP contribution in [0.25, 0.3) is 5.57 Å². The van der Waals surface area contributed by atoms with Crippen molar-refractivity contribution in [2.75, 3.05) is 32.0 Å². The van der Waals surface area contributed by atoms with Crippen molar-refractivity contribution >= 4 is 11.3 Å². The van der Waals surface area contributed by atoms with Crippen LogP contribution in [0.2, 0.25) is 0 Å². The van der Waals surface area contributed by atoms with Crippen LogP contribution in [0.3, 0.4) is 0 Å². The Labute approximate surface area is 240 Å². The van der Waals surface area contributed by atoms with Gasteiger partial charge < -0.3 is 15.5 Å². The second kappa shape index (κ2) is 14.9. The van der Waals surface area contributed by atoms with E-state index < -0.39 is 0 Å². The molecule has 2 aliphatic rings. The molecule has 0 aromatic heterocycles. The number of hydrogen-bond donors (Lipinski definition) is 2. The summed E-state index contributed by atoms with van der Waals surface area (Å²) >= 11 is 0. The molecule has 0 bridgehead atoms. The zero-order valence-electron chi connectivity index (χ0n) is 26.5. The Morgan fingerprint density at radius 1 is 1.15 bits per heavy atom. The van der Waals surface area contributed by atoms with E-state index in [4.69, 9.17) is 0 Å². The summed E-state index contributed by atoms with van der Waals surface area (Å²) in [4.78, 5) is 2.52. The highest BCUT2D eigenvalue weighted by Gasteiger charge is 2.22. The monoisotopic (exact) mass is 531 g/mol. The zero-order chi connectivity index (χ0) is 28.5. The normalized spacial score (nSPS) is 17.7. The molecule has 3 heteroatoms. The number of benzene rings is 1. The molecule has 1 atom stereocenters. The van der Waals surface area contributed by atoms with Crippen molar-refractivity contribution in [3.63, 3.8) is 0 Å². The van der Waals surface area contributed by atoms with E-state index in [1.165, 1.54) is 70.5 Å². The van der Waals surface area contributed by atoms with Gasteiger partial charge in [0.15, 0.2) is 0 Å². The largest absolute Gasteiger partial charge is 0.382 e. The highest BCUT2D eigenvalue weighted by Crippen LogP contribution is 2.35. The summed E-state index contributed by atoms with van der Waals surface area (Å²) in [6, 6.07) is 5.57.